The summed E-state index contributed by atoms with van der Waals surface area (Å²) in [5.74, 6) is -0.0577. The number of benzene rings is 1. The zero-order chi connectivity index (χ0) is 18.5. The number of amides is 2. The fourth-order valence-electron chi connectivity index (χ4n) is 2.37. The van der Waals surface area contributed by atoms with Crippen molar-refractivity contribution >= 4 is 17.7 Å². The first-order valence-electron chi connectivity index (χ1n) is 8.26. The third-order valence-corrected chi connectivity index (χ3v) is 3.39. The lowest BCUT2D eigenvalue weighted by atomic mass is 9.85. The molecule has 24 heavy (non-hydrogen) atoms. The van der Waals surface area contributed by atoms with Crippen molar-refractivity contribution in [2.75, 3.05) is 18.0 Å². The molecule has 1 aromatic carbocycles. The van der Waals surface area contributed by atoms with E-state index < -0.39 is 11.7 Å². The second-order valence-corrected chi connectivity index (χ2v) is 7.87. The van der Waals surface area contributed by atoms with Crippen LogP contribution < -0.4 is 10.2 Å². The van der Waals surface area contributed by atoms with E-state index in [0.29, 0.717) is 13.1 Å². The second kappa shape index (κ2) is 7.69. The number of ether oxygens (including phenoxy) is 1. The van der Waals surface area contributed by atoms with Crippen LogP contribution in [-0.2, 0) is 14.9 Å². The molecule has 0 radical (unpaired) electrons. The lowest BCUT2D eigenvalue weighted by Gasteiger charge is -2.29. The minimum atomic E-state index is -0.539. The van der Waals surface area contributed by atoms with Crippen LogP contribution in [0.3, 0.4) is 0 Å². The molecular weight excluding hydrogens is 304 g/mol. The maximum atomic E-state index is 12.1. The van der Waals surface area contributed by atoms with E-state index in [1.165, 1.54) is 6.92 Å². The van der Waals surface area contributed by atoms with E-state index >= 15 is 0 Å². The lowest BCUT2D eigenvalue weighted by molar-refractivity contribution is -0.116. The molecule has 0 saturated carbocycles. The van der Waals surface area contributed by atoms with E-state index in [4.69, 9.17) is 4.74 Å². The Hall–Kier alpha value is -2.04. The molecule has 134 valence electrons. The van der Waals surface area contributed by atoms with Crippen molar-refractivity contribution in [1.82, 2.24) is 5.32 Å². The maximum Gasteiger partial charge on any atom is 0.407 e. The van der Waals surface area contributed by atoms with Crippen LogP contribution >= 0.6 is 0 Å². The van der Waals surface area contributed by atoms with E-state index in [1.807, 2.05) is 45.0 Å². The van der Waals surface area contributed by atoms with Crippen molar-refractivity contribution in [3.8, 4) is 0 Å². The lowest BCUT2D eigenvalue weighted by Crippen LogP contribution is -2.40. The first-order valence-corrected chi connectivity index (χ1v) is 8.26. The highest BCUT2D eigenvalue weighted by Crippen LogP contribution is 2.31. The average Bonchev–Trinajstić information content (AvgIpc) is 2.40. The number of anilines is 1. The van der Waals surface area contributed by atoms with Gasteiger partial charge in [0.1, 0.15) is 5.60 Å². The third-order valence-electron chi connectivity index (χ3n) is 3.39. The highest BCUT2D eigenvalue weighted by molar-refractivity contribution is 5.92. The highest BCUT2D eigenvalue weighted by Gasteiger charge is 2.23. The first kappa shape index (κ1) is 20.0. The van der Waals surface area contributed by atoms with Gasteiger partial charge < -0.3 is 15.0 Å². The number of nitrogens with zero attached hydrogens (tertiary/aromatic N) is 1. The van der Waals surface area contributed by atoms with Crippen molar-refractivity contribution in [2.24, 2.45) is 0 Å². The molecule has 0 aliphatic rings. The minimum Gasteiger partial charge on any atom is -0.444 e. The van der Waals surface area contributed by atoms with Crippen molar-refractivity contribution in [2.45, 2.75) is 59.5 Å². The van der Waals surface area contributed by atoms with Gasteiger partial charge in [0.2, 0.25) is 5.91 Å². The van der Waals surface area contributed by atoms with Gasteiger partial charge in [-0.25, -0.2) is 4.79 Å². The Morgan fingerprint density at radius 3 is 2.17 bits per heavy atom. The van der Waals surface area contributed by atoms with Gasteiger partial charge in [0.15, 0.2) is 0 Å². The zero-order valence-corrected chi connectivity index (χ0v) is 15.9. The van der Waals surface area contributed by atoms with Gasteiger partial charge in [-0.1, -0.05) is 39.0 Å². The Balaban J connectivity index is 2.84. The van der Waals surface area contributed by atoms with Crippen LogP contribution in [0.2, 0.25) is 0 Å². The molecule has 0 aromatic heterocycles. The second-order valence-electron chi connectivity index (χ2n) is 7.87. The molecule has 1 aromatic rings. The maximum absolute atomic E-state index is 12.1. The normalized spacial score (nSPS) is 11.8. The summed E-state index contributed by atoms with van der Waals surface area (Å²) in [4.78, 5) is 25.5. The van der Waals surface area contributed by atoms with Crippen LogP contribution in [0.15, 0.2) is 24.3 Å². The summed E-state index contributed by atoms with van der Waals surface area (Å²) in [5, 5.41) is 2.70. The van der Waals surface area contributed by atoms with Crippen molar-refractivity contribution in [1.29, 1.82) is 0 Å². The summed E-state index contributed by atoms with van der Waals surface area (Å²) in [6.07, 6.45) is -0.477. The number of carbonyl (C=O) groups is 2. The van der Waals surface area contributed by atoms with E-state index in [0.717, 1.165) is 11.3 Å². The van der Waals surface area contributed by atoms with Gasteiger partial charge in [-0.15, -0.1) is 0 Å². The van der Waals surface area contributed by atoms with Gasteiger partial charge in [-0.2, -0.15) is 0 Å². The summed E-state index contributed by atoms with van der Waals surface area (Å²) < 4.78 is 5.21. The molecule has 0 fully saturated rings. The number of nitrogens with one attached hydrogen (secondary N) is 1. The van der Waals surface area contributed by atoms with Gasteiger partial charge in [-0.05, 0) is 37.8 Å². The Morgan fingerprint density at radius 1 is 1.08 bits per heavy atom. The fraction of sp³-hybridized carbons (Fsp3) is 0.579. The fourth-order valence-corrected chi connectivity index (χ4v) is 2.37. The zero-order valence-electron chi connectivity index (χ0n) is 15.9. The molecule has 2 amide bonds. The van der Waals surface area contributed by atoms with Gasteiger partial charge in [0, 0.05) is 25.7 Å². The monoisotopic (exact) mass is 334 g/mol. The molecule has 0 bridgehead atoms. The smallest absolute Gasteiger partial charge is 0.407 e. The van der Waals surface area contributed by atoms with Gasteiger partial charge >= 0.3 is 6.09 Å². The van der Waals surface area contributed by atoms with Crippen LogP contribution in [0.25, 0.3) is 0 Å². The van der Waals surface area contributed by atoms with Crippen LogP contribution in [0.1, 0.15) is 54.0 Å². The molecule has 0 aliphatic heterocycles. The van der Waals surface area contributed by atoms with E-state index in [9.17, 15) is 9.59 Å². The number of rotatable bonds is 4. The van der Waals surface area contributed by atoms with Gasteiger partial charge in [-0.3, -0.25) is 4.79 Å². The van der Waals surface area contributed by atoms with E-state index in [1.54, 1.807) is 4.90 Å². The van der Waals surface area contributed by atoms with E-state index in [2.05, 4.69) is 26.1 Å². The number of alkyl carbamates (subject to hydrolysis) is 1. The molecule has 0 saturated heterocycles. The Bertz CT molecular complexity index is 583. The Kier molecular flexibility index (Phi) is 6.41. The predicted octanol–water partition coefficient (Wildman–Crippen LogP) is 3.86. The number of hydrogen-bond donors (Lipinski definition) is 1. The first-order chi connectivity index (χ1) is 10.9. The van der Waals surface area contributed by atoms with Crippen LogP contribution in [0, 0.1) is 0 Å². The molecule has 5 nitrogen and oxygen atoms in total. The SMILES string of the molecule is CC(=O)N(CCNC(=O)OC(C)(C)C)c1ccccc1C(C)(C)C. The predicted molar refractivity (Wildman–Crippen MR) is 97.4 cm³/mol. The topological polar surface area (TPSA) is 58.6 Å². The summed E-state index contributed by atoms with van der Waals surface area (Å²) >= 11 is 0. The summed E-state index contributed by atoms with van der Waals surface area (Å²) in [5.41, 5.74) is 1.35. The summed E-state index contributed by atoms with van der Waals surface area (Å²) in [7, 11) is 0. The van der Waals surface area contributed by atoms with Crippen LogP contribution in [0.5, 0.6) is 0 Å². The quantitative estimate of drug-likeness (QED) is 0.909. The molecule has 1 rings (SSSR count). The number of carbonyl (C=O) groups excluding carboxylic acids is 2. The number of hydrogen-bond acceptors (Lipinski definition) is 3. The Morgan fingerprint density at radius 2 is 1.67 bits per heavy atom. The van der Waals surface area contributed by atoms with Gasteiger partial charge in [0.25, 0.3) is 0 Å². The molecule has 0 aliphatic carbocycles. The highest BCUT2D eigenvalue weighted by atomic mass is 16.6. The molecule has 0 atom stereocenters. The van der Waals surface area contributed by atoms with Crippen LogP contribution in [0.4, 0.5) is 10.5 Å². The van der Waals surface area contributed by atoms with Crippen molar-refractivity contribution in [3.63, 3.8) is 0 Å². The van der Waals surface area contributed by atoms with Crippen molar-refractivity contribution < 1.29 is 14.3 Å². The summed E-state index contributed by atoms with van der Waals surface area (Å²) in [6, 6.07) is 7.87. The number of para-hydroxylation sites is 1. The largest absolute Gasteiger partial charge is 0.444 e. The van der Waals surface area contributed by atoms with Crippen molar-refractivity contribution in [3.05, 3.63) is 29.8 Å². The molecule has 0 spiro atoms. The van der Waals surface area contributed by atoms with Crippen LogP contribution in [-0.4, -0.2) is 30.7 Å². The summed E-state index contributed by atoms with van der Waals surface area (Å²) in [6.45, 7) is 14.0. The third kappa shape index (κ3) is 6.22. The average molecular weight is 334 g/mol. The van der Waals surface area contributed by atoms with Gasteiger partial charge in [0.05, 0.1) is 0 Å². The standard InChI is InChI=1S/C19H30N2O3/c1-14(22)21(13-12-20-17(23)24-19(5,6)7)16-11-9-8-10-15(16)18(2,3)4/h8-11H,12-13H2,1-7H3,(H,20,23). The Labute approximate surface area is 145 Å². The molecule has 1 N–H and O–H groups in total. The van der Waals surface area contributed by atoms with E-state index in [-0.39, 0.29) is 11.3 Å². The molecule has 0 heterocycles. The molecule has 0 unspecified atom stereocenters. The molecular formula is C19H30N2O3. The molecule has 5 heteroatoms. The minimum absolute atomic E-state index is 0.0577.